The standard InChI is InChI=1S/C27H24F3N3O4/c1-35-23-9-4-19-5-10-25(33-26(34)31-14-12-20(19)16-23)36-15-13-18-2-7-22(8-3-18)37-24-11-6-21(17-32-24)27(28,29)30/h2-11,16-17H,12-15H2,1H3,(H,31,34)/b10-5+,33-25?. The van der Waals surface area contributed by atoms with Gasteiger partial charge in [-0.3, -0.25) is 0 Å². The summed E-state index contributed by atoms with van der Waals surface area (Å²) in [5.41, 5.74) is 2.10. The van der Waals surface area contributed by atoms with Crippen LogP contribution in [0.25, 0.3) is 6.08 Å². The van der Waals surface area contributed by atoms with Crippen LogP contribution in [0.2, 0.25) is 0 Å². The van der Waals surface area contributed by atoms with Gasteiger partial charge in [-0.1, -0.05) is 18.2 Å². The lowest BCUT2D eigenvalue weighted by Gasteiger charge is -2.12. The van der Waals surface area contributed by atoms with E-state index in [4.69, 9.17) is 14.2 Å². The molecule has 0 bridgehead atoms. The summed E-state index contributed by atoms with van der Waals surface area (Å²) in [6, 6.07) is 14.3. The summed E-state index contributed by atoms with van der Waals surface area (Å²) in [6.07, 6.45) is 0.961. The number of benzene rings is 2. The smallest absolute Gasteiger partial charge is 0.417 e. The first kappa shape index (κ1) is 25.7. The minimum atomic E-state index is -4.45. The first-order valence-electron chi connectivity index (χ1n) is 11.4. The molecule has 0 spiro atoms. The van der Waals surface area contributed by atoms with Gasteiger partial charge in [0.1, 0.15) is 11.5 Å². The Kier molecular flexibility index (Phi) is 8.07. The number of nitrogens with zero attached hydrogens (tertiary/aromatic N) is 2. The molecule has 2 aromatic carbocycles. The third-order valence-corrected chi connectivity index (χ3v) is 5.49. The lowest BCUT2D eigenvalue weighted by atomic mass is 10.0. The van der Waals surface area contributed by atoms with Crippen molar-refractivity contribution < 1.29 is 32.2 Å². The summed E-state index contributed by atoms with van der Waals surface area (Å²) < 4.78 is 54.5. The summed E-state index contributed by atoms with van der Waals surface area (Å²) in [7, 11) is 1.61. The van der Waals surface area contributed by atoms with Crippen LogP contribution in [0.15, 0.2) is 71.9 Å². The highest BCUT2D eigenvalue weighted by molar-refractivity contribution is 5.99. The number of carbonyl (C=O) groups excluding carboxylic acids is 1. The third-order valence-electron chi connectivity index (χ3n) is 5.49. The molecule has 7 nitrogen and oxygen atoms in total. The fraction of sp³-hybridized carbons (Fsp3) is 0.222. The van der Waals surface area contributed by atoms with E-state index in [0.29, 0.717) is 25.1 Å². The van der Waals surface area contributed by atoms with E-state index in [1.165, 1.54) is 6.07 Å². The summed E-state index contributed by atoms with van der Waals surface area (Å²) in [5.74, 6) is 1.42. The van der Waals surface area contributed by atoms with E-state index in [1.807, 2.05) is 36.4 Å². The molecule has 192 valence electrons. The van der Waals surface area contributed by atoms with Crippen LogP contribution in [0.3, 0.4) is 0 Å². The van der Waals surface area contributed by atoms with Gasteiger partial charge in [-0.15, -0.1) is 0 Å². The first-order valence-corrected chi connectivity index (χ1v) is 11.4. The van der Waals surface area contributed by atoms with Crippen LogP contribution in [-0.4, -0.2) is 37.2 Å². The molecular weight excluding hydrogens is 487 g/mol. The number of aromatic nitrogens is 1. The molecule has 2 heterocycles. The highest BCUT2D eigenvalue weighted by Crippen LogP contribution is 2.30. The molecule has 0 saturated heterocycles. The third kappa shape index (κ3) is 7.33. The maximum atomic E-state index is 12.7. The number of fused-ring (bicyclic) bond motifs is 1. The number of alkyl halides is 3. The van der Waals surface area contributed by atoms with Crippen LogP contribution < -0.4 is 14.8 Å². The van der Waals surface area contributed by atoms with Crippen molar-refractivity contribution >= 4 is 18.0 Å². The summed E-state index contributed by atoms with van der Waals surface area (Å²) in [5, 5.41) is 2.75. The van der Waals surface area contributed by atoms with Crippen molar-refractivity contribution in [2.45, 2.75) is 19.0 Å². The fourth-order valence-electron chi connectivity index (χ4n) is 3.54. The maximum absolute atomic E-state index is 12.7. The molecule has 3 aromatic rings. The van der Waals surface area contributed by atoms with E-state index in [1.54, 1.807) is 25.3 Å². The molecule has 1 N–H and O–H groups in total. The molecule has 0 unspecified atom stereocenters. The van der Waals surface area contributed by atoms with Gasteiger partial charge in [0, 0.05) is 31.3 Å². The zero-order valence-electron chi connectivity index (χ0n) is 19.9. The normalized spacial score (nSPS) is 14.6. The molecule has 4 rings (SSSR count). The van der Waals surface area contributed by atoms with Gasteiger partial charge >= 0.3 is 12.2 Å². The summed E-state index contributed by atoms with van der Waals surface area (Å²) in [6.45, 7) is 0.701. The summed E-state index contributed by atoms with van der Waals surface area (Å²) in [4.78, 5) is 19.8. The van der Waals surface area contributed by atoms with Crippen molar-refractivity contribution in [1.29, 1.82) is 0 Å². The predicted octanol–water partition coefficient (Wildman–Crippen LogP) is 5.84. The predicted molar refractivity (Wildman–Crippen MR) is 132 cm³/mol. The second kappa shape index (κ2) is 11.6. The van der Waals surface area contributed by atoms with Gasteiger partial charge in [0.15, 0.2) is 0 Å². The highest BCUT2D eigenvalue weighted by atomic mass is 19.4. The molecule has 0 fully saturated rings. The van der Waals surface area contributed by atoms with Crippen LogP contribution in [0.4, 0.5) is 18.0 Å². The minimum Gasteiger partial charge on any atom is -0.497 e. The van der Waals surface area contributed by atoms with Gasteiger partial charge in [0.05, 0.1) is 19.3 Å². The van der Waals surface area contributed by atoms with Gasteiger partial charge in [-0.2, -0.15) is 18.2 Å². The number of rotatable bonds is 6. The summed E-state index contributed by atoms with van der Waals surface area (Å²) >= 11 is 0. The number of hydrogen-bond acceptors (Lipinski definition) is 5. The zero-order chi connectivity index (χ0) is 26.3. The number of aliphatic imine (C=N–C) groups is 1. The van der Waals surface area contributed by atoms with Crippen molar-refractivity contribution in [2.24, 2.45) is 4.99 Å². The second-order valence-electron chi connectivity index (χ2n) is 8.06. The quantitative estimate of drug-likeness (QED) is 0.450. The van der Waals surface area contributed by atoms with E-state index >= 15 is 0 Å². The van der Waals surface area contributed by atoms with E-state index in [2.05, 4.69) is 15.3 Å². The number of carbonyl (C=O) groups is 1. The van der Waals surface area contributed by atoms with Crippen molar-refractivity contribution in [1.82, 2.24) is 10.3 Å². The number of ether oxygens (including phenoxy) is 3. The Labute approximate surface area is 211 Å². The molecule has 1 aliphatic rings. The van der Waals surface area contributed by atoms with E-state index in [0.717, 1.165) is 34.7 Å². The highest BCUT2D eigenvalue weighted by Gasteiger charge is 2.30. The van der Waals surface area contributed by atoms with Crippen LogP contribution in [0.5, 0.6) is 17.4 Å². The van der Waals surface area contributed by atoms with E-state index in [-0.39, 0.29) is 18.4 Å². The van der Waals surface area contributed by atoms with Crippen LogP contribution in [-0.2, 0) is 23.8 Å². The molecule has 37 heavy (non-hydrogen) atoms. The van der Waals surface area contributed by atoms with Crippen LogP contribution in [0.1, 0.15) is 22.3 Å². The number of nitrogens with one attached hydrogen (secondary N) is 1. The van der Waals surface area contributed by atoms with Gasteiger partial charge in [0.25, 0.3) is 0 Å². The fourth-order valence-corrected chi connectivity index (χ4v) is 3.54. The van der Waals surface area contributed by atoms with Crippen molar-refractivity contribution in [2.75, 3.05) is 20.3 Å². The average molecular weight is 512 g/mol. The lowest BCUT2D eigenvalue weighted by Crippen LogP contribution is -2.24. The largest absolute Gasteiger partial charge is 0.497 e. The Morgan fingerprint density at radius 1 is 1.00 bits per heavy atom. The van der Waals surface area contributed by atoms with E-state index in [9.17, 15) is 18.0 Å². The number of amides is 2. The molecule has 0 radical (unpaired) electrons. The van der Waals surface area contributed by atoms with Crippen LogP contribution >= 0.6 is 0 Å². The van der Waals surface area contributed by atoms with E-state index < -0.39 is 17.8 Å². The molecule has 1 aromatic heterocycles. The number of halogens is 3. The number of methoxy groups -OCH3 is 1. The Bertz CT molecular complexity index is 1290. The molecule has 10 heteroatoms. The minimum absolute atomic E-state index is 0.0585. The SMILES string of the molecule is COc1ccc2c(c1)CCNC(=O)N=C(OCCc1ccc(Oc3ccc(C(F)(F)F)cn3)cc1)/C=C/2. The van der Waals surface area contributed by atoms with Gasteiger partial charge in [-0.05, 0) is 59.5 Å². The number of urea groups is 1. The molecule has 0 saturated carbocycles. The Morgan fingerprint density at radius 2 is 1.78 bits per heavy atom. The monoisotopic (exact) mass is 511 g/mol. The lowest BCUT2D eigenvalue weighted by molar-refractivity contribution is -0.137. The van der Waals surface area contributed by atoms with Crippen LogP contribution in [0, 0.1) is 0 Å². The Morgan fingerprint density at radius 3 is 2.49 bits per heavy atom. The molecule has 1 aliphatic heterocycles. The Balaban J connectivity index is 1.34. The first-order chi connectivity index (χ1) is 17.8. The Hall–Kier alpha value is -4.34. The molecule has 0 aliphatic carbocycles. The van der Waals surface area contributed by atoms with Crippen molar-refractivity contribution in [3.8, 4) is 17.4 Å². The second-order valence-corrected chi connectivity index (χ2v) is 8.06. The molecule has 2 amide bonds. The molecular formula is C27H24F3N3O4. The van der Waals surface area contributed by atoms with Gasteiger partial charge < -0.3 is 19.5 Å². The molecule has 0 atom stereocenters. The number of pyridine rings is 1. The maximum Gasteiger partial charge on any atom is 0.417 e. The van der Waals surface area contributed by atoms with Gasteiger partial charge in [0.2, 0.25) is 11.8 Å². The van der Waals surface area contributed by atoms with Crippen molar-refractivity contribution in [3.05, 3.63) is 89.1 Å². The van der Waals surface area contributed by atoms with Gasteiger partial charge in [-0.25, -0.2) is 9.78 Å². The number of hydrogen-bond donors (Lipinski definition) is 1. The van der Waals surface area contributed by atoms with Crippen molar-refractivity contribution in [3.63, 3.8) is 0 Å². The topological polar surface area (TPSA) is 82.0 Å². The average Bonchev–Trinajstić information content (AvgIpc) is 2.88. The zero-order valence-corrected chi connectivity index (χ0v) is 19.9.